The van der Waals surface area contributed by atoms with Crippen LogP contribution in [0.5, 0.6) is 0 Å². The molecule has 1 aromatic carbocycles. The number of nitrogens with one attached hydrogen (secondary N) is 1. The molecule has 25 heavy (non-hydrogen) atoms. The van der Waals surface area contributed by atoms with Crippen molar-refractivity contribution in [1.82, 2.24) is 14.7 Å². The number of carbonyl (C=O) groups is 1. The summed E-state index contributed by atoms with van der Waals surface area (Å²) in [6.45, 7) is 2.54. The molecule has 0 atom stereocenters. The van der Waals surface area contributed by atoms with Gasteiger partial charge < -0.3 is 5.32 Å². The van der Waals surface area contributed by atoms with Gasteiger partial charge in [0.25, 0.3) is 5.91 Å². The molecule has 0 radical (unpaired) electrons. The average Bonchev–Trinajstić information content (AvgIpc) is 3.27. The largest absolute Gasteiger partial charge is 0.346 e. The van der Waals surface area contributed by atoms with Crippen LogP contribution in [0.25, 0.3) is 16.2 Å². The van der Waals surface area contributed by atoms with Crippen molar-refractivity contribution in [3.8, 4) is 11.3 Å². The predicted octanol–water partition coefficient (Wildman–Crippen LogP) is 4.50. The number of aryl methyl sites for hydroxylation is 1. The van der Waals surface area contributed by atoms with E-state index in [1.54, 1.807) is 39.4 Å². The number of amides is 1. The third-order valence-corrected chi connectivity index (χ3v) is 5.62. The minimum atomic E-state index is -0.307. The number of rotatable bonds is 4. The summed E-state index contributed by atoms with van der Waals surface area (Å²) in [7, 11) is 0. The van der Waals surface area contributed by atoms with E-state index >= 15 is 0 Å². The second-order valence-electron chi connectivity index (χ2n) is 5.61. The summed E-state index contributed by atoms with van der Waals surface area (Å²) in [5, 5.41) is 4.72. The topological polar surface area (TPSA) is 46.4 Å². The van der Waals surface area contributed by atoms with Crippen LogP contribution < -0.4 is 5.32 Å². The average molecular weight is 371 g/mol. The third kappa shape index (κ3) is 3.20. The molecule has 3 aromatic heterocycles. The molecule has 4 nitrogen and oxygen atoms in total. The second kappa shape index (κ2) is 6.42. The quantitative estimate of drug-likeness (QED) is 0.574. The Hall–Kier alpha value is -2.51. The van der Waals surface area contributed by atoms with Crippen LogP contribution in [0.4, 0.5) is 4.39 Å². The van der Waals surface area contributed by atoms with Gasteiger partial charge in [0.15, 0.2) is 4.96 Å². The first-order valence-corrected chi connectivity index (χ1v) is 9.36. The number of carbonyl (C=O) groups excluding carboxylic acids is 1. The Morgan fingerprint density at radius 1 is 1.32 bits per heavy atom. The number of imidazole rings is 1. The Balaban J connectivity index is 1.58. The van der Waals surface area contributed by atoms with Gasteiger partial charge in [-0.05, 0) is 31.2 Å². The highest BCUT2D eigenvalue weighted by Crippen LogP contribution is 2.24. The van der Waals surface area contributed by atoms with E-state index in [-0.39, 0.29) is 11.7 Å². The number of benzene rings is 1. The molecule has 0 saturated heterocycles. The van der Waals surface area contributed by atoms with E-state index in [9.17, 15) is 9.18 Å². The number of aromatic nitrogens is 2. The lowest BCUT2D eigenvalue weighted by Gasteiger charge is -2.02. The molecule has 0 aliphatic carbocycles. The second-order valence-corrected chi connectivity index (χ2v) is 7.81. The van der Waals surface area contributed by atoms with Crippen LogP contribution in [0.1, 0.15) is 20.2 Å². The van der Waals surface area contributed by atoms with Crippen molar-refractivity contribution in [2.75, 3.05) is 0 Å². The fraction of sp³-hybridized carbons (Fsp3) is 0.111. The highest BCUT2D eigenvalue weighted by molar-refractivity contribution is 7.15. The van der Waals surface area contributed by atoms with Gasteiger partial charge in [0.1, 0.15) is 11.5 Å². The van der Waals surface area contributed by atoms with Crippen LogP contribution in [0.15, 0.2) is 48.0 Å². The van der Waals surface area contributed by atoms with Crippen LogP contribution in [-0.4, -0.2) is 15.3 Å². The summed E-state index contributed by atoms with van der Waals surface area (Å²) in [4.78, 5) is 20.0. The summed E-state index contributed by atoms with van der Waals surface area (Å²) in [6.07, 6.45) is 1.77. The molecule has 3 heterocycles. The lowest BCUT2D eigenvalue weighted by molar-refractivity contribution is 0.0945. The van der Waals surface area contributed by atoms with Crippen LogP contribution in [0.3, 0.4) is 0 Å². The van der Waals surface area contributed by atoms with E-state index in [2.05, 4.69) is 10.3 Å². The molecule has 0 unspecified atom stereocenters. The van der Waals surface area contributed by atoms with E-state index in [1.165, 1.54) is 28.3 Å². The highest BCUT2D eigenvalue weighted by Gasteiger charge is 2.15. The number of hydrogen-bond acceptors (Lipinski definition) is 4. The fourth-order valence-electron chi connectivity index (χ4n) is 2.57. The van der Waals surface area contributed by atoms with Gasteiger partial charge in [-0.2, -0.15) is 0 Å². The van der Waals surface area contributed by atoms with Gasteiger partial charge in [-0.15, -0.1) is 22.7 Å². The zero-order valence-electron chi connectivity index (χ0n) is 13.3. The first-order valence-electron chi connectivity index (χ1n) is 7.66. The molecule has 0 bridgehead atoms. The standard InChI is InChI=1S/C18H14FN3OS2/c1-11-5-6-14(25-11)8-20-17(23)16-10-24-18-21-15(9-22(16)18)12-3-2-4-13(19)7-12/h2-7,9-10H,8H2,1H3,(H,20,23). The van der Waals surface area contributed by atoms with E-state index in [0.717, 1.165) is 4.88 Å². The molecule has 126 valence electrons. The number of thiophene rings is 1. The van der Waals surface area contributed by atoms with Crippen LogP contribution >= 0.6 is 22.7 Å². The first kappa shape index (κ1) is 16.0. The van der Waals surface area contributed by atoms with Gasteiger partial charge in [-0.3, -0.25) is 9.20 Å². The Bertz CT molecular complexity index is 1060. The van der Waals surface area contributed by atoms with Gasteiger partial charge in [-0.1, -0.05) is 12.1 Å². The monoisotopic (exact) mass is 371 g/mol. The summed E-state index contributed by atoms with van der Waals surface area (Å²) in [5.41, 5.74) is 1.87. The summed E-state index contributed by atoms with van der Waals surface area (Å²) < 4.78 is 15.2. The minimum Gasteiger partial charge on any atom is -0.346 e. The maximum atomic E-state index is 13.4. The normalized spacial score (nSPS) is 11.1. The van der Waals surface area contributed by atoms with E-state index in [0.29, 0.717) is 28.5 Å². The Kier molecular flexibility index (Phi) is 4.10. The molecule has 7 heteroatoms. The molecule has 1 N–H and O–H groups in total. The number of fused-ring (bicyclic) bond motifs is 1. The van der Waals surface area contributed by atoms with Crippen molar-refractivity contribution in [1.29, 1.82) is 0 Å². The molecule has 0 aliphatic heterocycles. The van der Waals surface area contributed by atoms with Gasteiger partial charge in [-0.25, -0.2) is 9.37 Å². The number of thiazole rings is 1. The van der Waals surface area contributed by atoms with Gasteiger partial charge in [0.2, 0.25) is 0 Å². The van der Waals surface area contributed by atoms with Crippen molar-refractivity contribution in [2.45, 2.75) is 13.5 Å². The van der Waals surface area contributed by atoms with E-state index in [1.807, 2.05) is 19.1 Å². The van der Waals surface area contributed by atoms with Crippen molar-refractivity contribution in [2.24, 2.45) is 0 Å². The smallest absolute Gasteiger partial charge is 0.269 e. The molecule has 4 rings (SSSR count). The zero-order chi connectivity index (χ0) is 17.4. The van der Waals surface area contributed by atoms with Crippen LogP contribution in [-0.2, 0) is 6.54 Å². The molecule has 0 spiro atoms. The molecular formula is C18H14FN3OS2. The van der Waals surface area contributed by atoms with Gasteiger partial charge in [0.05, 0.1) is 12.2 Å². The Labute approximate surface area is 151 Å². The Morgan fingerprint density at radius 3 is 2.96 bits per heavy atom. The van der Waals surface area contributed by atoms with Gasteiger partial charge in [0, 0.05) is 26.9 Å². The zero-order valence-corrected chi connectivity index (χ0v) is 15.0. The summed E-state index contributed by atoms with van der Waals surface area (Å²) in [5.74, 6) is -0.460. The maximum absolute atomic E-state index is 13.4. The van der Waals surface area contributed by atoms with Crippen molar-refractivity contribution in [3.63, 3.8) is 0 Å². The third-order valence-electron chi connectivity index (χ3n) is 3.78. The number of halogens is 1. The molecule has 0 aliphatic rings. The van der Waals surface area contributed by atoms with Crippen molar-refractivity contribution in [3.05, 3.63) is 69.2 Å². The number of nitrogens with zero attached hydrogens (tertiary/aromatic N) is 2. The fourth-order valence-corrected chi connectivity index (χ4v) is 4.26. The first-order chi connectivity index (χ1) is 12.1. The van der Waals surface area contributed by atoms with Crippen LogP contribution in [0, 0.1) is 12.7 Å². The van der Waals surface area contributed by atoms with E-state index in [4.69, 9.17) is 0 Å². The van der Waals surface area contributed by atoms with Crippen molar-refractivity contribution >= 4 is 33.5 Å². The highest BCUT2D eigenvalue weighted by atomic mass is 32.1. The maximum Gasteiger partial charge on any atom is 0.269 e. The summed E-state index contributed by atoms with van der Waals surface area (Å²) >= 11 is 3.05. The van der Waals surface area contributed by atoms with E-state index < -0.39 is 0 Å². The summed E-state index contributed by atoms with van der Waals surface area (Å²) in [6, 6.07) is 10.3. The Morgan fingerprint density at radius 2 is 2.20 bits per heavy atom. The lowest BCUT2D eigenvalue weighted by Crippen LogP contribution is -2.23. The van der Waals surface area contributed by atoms with Gasteiger partial charge >= 0.3 is 0 Å². The molecule has 0 fully saturated rings. The van der Waals surface area contributed by atoms with Crippen molar-refractivity contribution < 1.29 is 9.18 Å². The predicted molar refractivity (Wildman–Crippen MR) is 98.7 cm³/mol. The molecular weight excluding hydrogens is 357 g/mol. The molecule has 1 amide bonds. The van der Waals surface area contributed by atoms with Crippen LogP contribution in [0.2, 0.25) is 0 Å². The minimum absolute atomic E-state index is 0.152. The molecule has 4 aromatic rings. The molecule has 0 saturated carbocycles. The number of hydrogen-bond donors (Lipinski definition) is 1. The lowest BCUT2D eigenvalue weighted by atomic mass is 10.2. The SMILES string of the molecule is Cc1ccc(CNC(=O)c2csc3nc(-c4cccc(F)c4)cn23)s1.